The van der Waals surface area contributed by atoms with Gasteiger partial charge in [0.1, 0.15) is 0 Å². The Morgan fingerprint density at radius 1 is 0.826 bits per heavy atom. The summed E-state index contributed by atoms with van der Waals surface area (Å²) < 4.78 is 0. The standard InChI is InChI=1S/C21H19O2/c22-20-16-10-4-5-11-17(16)21(23)19-15(9-6-12-18(19)20)13-14-7-2-1-3-8-14/h4-7,9-12,14H,1-3,8,13H2. The molecule has 0 bridgehead atoms. The molecule has 0 aliphatic heterocycles. The third-order valence-corrected chi connectivity index (χ3v) is 5.05. The van der Waals surface area contributed by atoms with Crippen LogP contribution in [0.1, 0.15) is 63.1 Å². The van der Waals surface area contributed by atoms with Crippen molar-refractivity contribution in [1.82, 2.24) is 0 Å². The number of carbonyl (C=O) groups excluding carboxylic acids is 2. The minimum absolute atomic E-state index is 0.00149. The van der Waals surface area contributed by atoms with Crippen molar-refractivity contribution < 1.29 is 9.59 Å². The maximum atomic E-state index is 13.0. The number of hydrogen-bond acceptors (Lipinski definition) is 2. The Labute approximate surface area is 136 Å². The first-order valence-electron chi connectivity index (χ1n) is 8.39. The molecule has 1 fully saturated rings. The van der Waals surface area contributed by atoms with Gasteiger partial charge in [-0.1, -0.05) is 55.3 Å². The molecule has 0 N–H and O–H groups in total. The fourth-order valence-electron chi connectivity index (χ4n) is 3.88. The largest absolute Gasteiger partial charge is 0.289 e. The highest BCUT2D eigenvalue weighted by atomic mass is 16.1. The summed E-state index contributed by atoms with van der Waals surface area (Å²) in [6.07, 6.45) is 8.12. The van der Waals surface area contributed by atoms with E-state index >= 15 is 0 Å². The van der Waals surface area contributed by atoms with Crippen molar-refractivity contribution >= 4 is 11.6 Å². The van der Waals surface area contributed by atoms with E-state index in [9.17, 15) is 9.59 Å². The third kappa shape index (κ3) is 2.42. The molecule has 23 heavy (non-hydrogen) atoms. The molecule has 1 radical (unpaired) electrons. The summed E-state index contributed by atoms with van der Waals surface area (Å²) in [5, 5.41) is 0. The molecule has 2 nitrogen and oxygen atoms in total. The summed E-state index contributed by atoms with van der Waals surface area (Å²) in [7, 11) is 0. The molecule has 2 heteroatoms. The van der Waals surface area contributed by atoms with Crippen LogP contribution in [0.4, 0.5) is 0 Å². The van der Waals surface area contributed by atoms with E-state index in [1.807, 2.05) is 24.3 Å². The zero-order valence-corrected chi connectivity index (χ0v) is 13.0. The second kappa shape index (κ2) is 5.77. The van der Waals surface area contributed by atoms with Crippen molar-refractivity contribution in [1.29, 1.82) is 0 Å². The summed E-state index contributed by atoms with van der Waals surface area (Å²) in [5.41, 5.74) is 3.31. The minimum atomic E-state index is -0.0235. The summed E-state index contributed by atoms with van der Waals surface area (Å²) in [6, 6.07) is 12.9. The Kier molecular flexibility index (Phi) is 3.60. The lowest BCUT2D eigenvalue weighted by Crippen LogP contribution is -2.23. The Hall–Kier alpha value is -2.22. The topological polar surface area (TPSA) is 34.1 Å². The number of benzene rings is 2. The van der Waals surface area contributed by atoms with Gasteiger partial charge in [0.2, 0.25) is 0 Å². The molecule has 2 aromatic carbocycles. The smallest absolute Gasteiger partial charge is 0.194 e. The molecule has 1 atom stereocenters. The number of carbonyl (C=O) groups is 2. The highest BCUT2D eigenvalue weighted by Gasteiger charge is 2.31. The molecule has 115 valence electrons. The molecule has 0 saturated heterocycles. The lowest BCUT2D eigenvalue weighted by molar-refractivity contribution is 0.0978. The predicted molar refractivity (Wildman–Crippen MR) is 89.7 cm³/mol. The molecule has 1 unspecified atom stereocenters. The Morgan fingerprint density at radius 2 is 1.57 bits per heavy atom. The summed E-state index contributed by atoms with van der Waals surface area (Å²) in [4.78, 5) is 25.7. The monoisotopic (exact) mass is 303 g/mol. The quantitative estimate of drug-likeness (QED) is 0.703. The molecular weight excluding hydrogens is 284 g/mol. The molecule has 1 saturated carbocycles. The van der Waals surface area contributed by atoms with Crippen LogP contribution in [0.5, 0.6) is 0 Å². The van der Waals surface area contributed by atoms with E-state index in [0.29, 0.717) is 28.2 Å². The fourth-order valence-corrected chi connectivity index (χ4v) is 3.88. The van der Waals surface area contributed by atoms with Crippen LogP contribution in [0.25, 0.3) is 0 Å². The van der Waals surface area contributed by atoms with Gasteiger partial charge in [-0.15, -0.1) is 0 Å². The van der Waals surface area contributed by atoms with Crippen molar-refractivity contribution in [2.24, 2.45) is 5.92 Å². The van der Waals surface area contributed by atoms with Gasteiger partial charge in [0, 0.05) is 22.3 Å². The van der Waals surface area contributed by atoms with E-state index in [1.165, 1.54) is 19.3 Å². The van der Waals surface area contributed by atoms with E-state index in [1.54, 1.807) is 18.2 Å². The predicted octanol–water partition coefficient (Wildman–Crippen LogP) is 4.40. The van der Waals surface area contributed by atoms with Crippen molar-refractivity contribution in [3.05, 3.63) is 76.7 Å². The van der Waals surface area contributed by atoms with Crippen LogP contribution in [0.3, 0.4) is 0 Å². The van der Waals surface area contributed by atoms with Crippen LogP contribution < -0.4 is 0 Å². The Bertz CT molecular complexity index is 782. The second-order valence-electron chi connectivity index (χ2n) is 6.53. The lowest BCUT2D eigenvalue weighted by Gasteiger charge is -2.24. The molecule has 4 rings (SSSR count). The highest BCUT2D eigenvalue weighted by Crippen LogP contribution is 2.33. The number of hydrogen-bond donors (Lipinski definition) is 0. The molecule has 0 heterocycles. The molecule has 0 aromatic heterocycles. The van der Waals surface area contributed by atoms with Crippen LogP contribution in [0.15, 0.2) is 42.5 Å². The van der Waals surface area contributed by atoms with Crippen molar-refractivity contribution in [3.63, 3.8) is 0 Å². The molecule has 2 aliphatic rings. The van der Waals surface area contributed by atoms with Crippen LogP contribution in [0, 0.1) is 12.3 Å². The third-order valence-electron chi connectivity index (χ3n) is 5.05. The van der Waals surface area contributed by atoms with Gasteiger partial charge in [-0.05, 0) is 37.2 Å². The van der Waals surface area contributed by atoms with Crippen molar-refractivity contribution in [2.45, 2.75) is 32.1 Å². The molecule has 0 amide bonds. The van der Waals surface area contributed by atoms with E-state index in [4.69, 9.17) is 0 Å². The number of rotatable bonds is 2. The summed E-state index contributed by atoms with van der Waals surface area (Å²) in [6.45, 7) is 0. The van der Waals surface area contributed by atoms with E-state index < -0.39 is 0 Å². The molecule has 2 aromatic rings. The van der Waals surface area contributed by atoms with Gasteiger partial charge in [0.25, 0.3) is 0 Å². The van der Waals surface area contributed by atoms with Crippen LogP contribution in [-0.4, -0.2) is 11.6 Å². The van der Waals surface area contributed by atoms with Crippen LogP contribution >= 0.6 is 0 Å². The summed E-state index contributed by atoms with van der Waals surface area (Å²) >= 11 is 0. The lowest BCUT2D eigenvalue weighted by atomic mass is 9.78. The van der Waals surface area contributed by atoms with Crippen molar-refractivity contribution in [2.75, 3.05) is 0 Å². The molecule has 2 aliphatic carbocycles. The van der Waals surface area contributed by atoms with E-state index in [0.717, 1.165) is 18.4 Å². The number of fused-ring (bicyclic) bond motifs is 2. The maximum absolute atomic E-state index is 13.0. The van der Waals surface area contributed by atoms with Crippen LogP contribution in [0.2, 0.25) is 0 Å². The van der Waals surface area contributed by atoms with Gasteiger partial charge >= 0.3 is 0 Å². The first kappa shape index (κ1) is 14.4. The highest BCUT2D eigenvalue weighted by molar-refractivity contribution is 6.28. The minimum Gasteiger partial charge on any atom is -0.289 e. The average Bonchev–Trinajstić information content (AvgIpc) is 2.60. The van der Waals surface area contributed by atoms with E-state index in [2.05, 4.69) is 6.42 Å². The molecular formula is C21H19O2. The van der Waals surface area contributed by atoms with Gasteiger partial charge in [-0.25, -0.2) is 0 Å². The SMILES string of the molecule is O=C1c2ccccc2C(=O)c2c(CC3[CH]CCCC3)cccc21. The van der Waals surface area contributed by atoms with Gasteiger partial charge < -0.3 is 0 Å². The zero-order valence-electron chi connectivity index (χ0n) is 13.0. The summed E-state index contributed by atoms with van der Waals surface area (Å²) in [5.74, 6) is 0.501. The second-order valence-corrected chi connectivity index (χ2v) is 6.53. The first-order chi connectivity index (χ1) is 11.3. The molecule has 0 spiro atoms. The maximum Gasteiger partial charge on any atom is 0.194 e. The Balaban J connectivity index is 1.77. The zero-order chi connectivity index (χ0) is 15.8. The van der Waals surface area contributed by atoms with Gasteiger partial charge in [0.15, 0.2) is 11.6 Å². The van der Waals surface area contributed by atoms with Gasteiger partial charge in [-0.3, -0.25) is 9.59 Å². The van der Waals surface area contributed by atoms with Crippen LogP contribution in [-0.2, 0) is 6.42 Å². The van der Waals surface area contributed by atoms with Gasteiger partial charge in [0.05, 0.1) is 0 Å². The Morgan fingerprint density at radius 3 is 2.30 bits per heavy atom. The fraction of sp³-hybridized carbons (Fsp3) is 0.286. The number of ketones is 2. The average molecular weight is 303 g/mol. The van der Waals surface area contributed by atoms with Crippen molar-refractivity contribution in [3.8, 4) is 0 Å². The normalized spacial score (nSPS) is 17.7. The first-order valence-corrected chi connectivity index (χ1v) is 8.39. The van der Waals surface area contributed by atoms with Gasteiger partial charge in [-0.2, -0.15) is 0 Å². The van der Waals surface area contributed by atoms with E-state index in [-0.39, 0.29) is 11.6 Å².